The Balaban J connectivity index is 2.35. The summed E-state index contributed by atoms with van der Waals surface area (Å²) in [5, 5.41) is 9.43. The molecule has 1 unspecified atom stereocenters. The topological polar surface area (TPSA) is 36.4 Å². The van der Waals surface area contributed by atoms with Crippen molar-refractivity contribution in [1.29, 1.82) is 0 Å². The van der Waals surface area contributed by atoms with Crippen LogP contribution in [0.25, 0.3) is 0 Å². The van der Waals surface area contributed by atoms with Crippen LogP contribution >= 0.6 is 0 Å². The number of hydrogen-bond donors (Lipinski definition) is 1. The van der Waals surface area contributed by atoms with Crippen LogP contribution in [0.1, 0.15) is 37.9 Å². The van der Waals surface area contributed by atoms with E-state index < -0.39 is 0 Å². The lowest BCUT2D eigenvalue weighted by molar-refractivity contribution is 0.281. The molecule has 0 aliphatic carbocycles. The molecule has 2 rings (SSSR count). The van der Waals surface area contributed by atoms with E-state index in [0.717, 1.165) is 17.8 Å². The van der Waals surface area contributed by atoms with Crippen LogP contribution in [0.2, 0.25) is 0 Å². The van der Waals surface area contributed by atoms with Gasteiger partial charge in [0, 0.05) is 35.7 Å². The van der Waals surface area contributed by atoms with E-state index >= 15 is 0 Å². The molecule has 1 saturated heterocycles. The van der Waals surface area contributed by atoms with Gasteiger partial charge >= 0.3 is 0 Å². The van der Waals surface area contributed by atoms with Crippen molar-refractivity contribution in [1.82, 2.24) is 4.98 Å². The quantitative estimate of drug-likeness (QED) is 0.873. The van der Waals surface area contributed by atoms with E-state index in [4.69, 9.17) is 0 Å². The maximum Gasteiger partial charge on any atom is 0.0717 e. The highest BCUT2D eigenvalue weighted by Gasteiger charge is 2.28. The summed E-state index contributed by atoms with van der Waals surface area (Å²) < 4.78 is 0. The lowest BCUT2D eigenvalue weighted by atomic mass is 10.0. The SMILES string of the molecule is Cc1cc(N2CCCC2C(C)C)c(CO)cn1. The van der Waals surface area contributed by atoms with Gasteiger partial charge in [-0.2, -0.15) is 0 Å². The van der Waals surface area contributed by atoms with Gasteiger partial charge in [0.1, 0.15) is 0 Å². The summed E-state index contributed by atoms with van der Waals surface area (Å²) in [5.41, 5.74) is 3.14. The molecule has 1 aliphatic rings. The molecule has 0 radical (unpaired) electrons. The van der Waals surface area contributed by atoms with Crippen LogP contribution in [0.5, 0.6) is 0 Å². The first kappa shape index (κ1) is 12.4. The monoisotopic (exact) mass is 234 g/mol. The number of hydrogen-bond acceptors (Lipinski definition) is 3. The van der Waals surface area contributed by atoms with Crippen molar-refractivity contribution in [2.24, 2.45) is 5.92 Å². The summed E-state index contributed by atoms with van der Waals surface area (Å²) >= 11 is 0. The fourth-order valence-corrected chi connectivity index (χ4v) is 2.75. The second-order valence-electron chi connectivity index (χ2n) is 5.26. The Labute approximate surface area is 103 Å². The zero-order valence-corrected chi connectivity index (χ0v) is 11.0. The van der Waals surface area contributed by atoms with Gasteiger partial charge in [-0.25, -0.2) is 0 Å². The van der Waals surface area contributed by atoms with Crippen LogP contribution in [-0.4, -0.2) is 22.7 Å². The summed E-state index contributed by atoms with van der Waals surface area (Å²) in [5.74, 6) is 0.650. The van der Waals surface area contributed by atoms with Gasteiger partial charge < -0.3 is 10.0 Å². The van der Waals surface area contributed by atoms with E-state index in [0.29, 0.717) is 12.0 Å². The zero-order valence-electron chi connectivity index (χ0n) is 11.0. The van der Waals surface area contributed by atoms with Crippen LogP contribution < -0.4 is 4.90 Å². The van der Waals surface area contributed by atoms with Crippen LogP contribution in [0.15, 0.2) is 12.3 Å². The highest BCUT2D eigenvalue weighted by atomic mass is 16.3. The average Bonchev–Trinajstić information content (AvgIpc) is 2.77. The molecule has 17 heavy (non-hydrogen) atoms. The number of rotatable bonds is 3. The van der Waals surface area contributed by atoms with Crippen molar-refractivity contribution in [2.75, 3.05) is 11.4 Å². The van der Waals surface area contributed by atoms with Gasteiger partial charge in [-0.1, -0.05) is 13.8 Å². The maximum atomic E-state index is 9.43. The molecule has 94 valence electrons. The fraction of sp³-hybridized carbons (Fsp3) is 0.643. The van der Waals surface area contributed by atoms with Crippen molar-refractivity contribution >= 4 is 5.69 Å². The minimum atomic E-state index is 0.0733. The number of nitrogens with zero attached hydrogens (tertiary/aromatic N) is 2. The molecule has 2 heterocycles. The lowest BCUT2D eigenvalue weighted by Gasteiger charge is -2.31. The third-order valence-electron chi connectivity index (χ3n) is 3.65. The summed E-state index contributed by atoms with van der Waals surface area (Å²) in [6.45, 7) is 7.72. The zero-order chi connectivity index (χ0) is 12.4. The van der Waals surface area contributed by atoms with E-state index in [1.54, 1.807) is 6.20 Å². The van der Waals surface area contributed by atoms with E-state index in [-0.39, 0.29) is 6.61 Å². The molecule has 0 bridgehead atoms. The van der Waals surface area contributed by atoms with Gasteiger partial charge in [0.2, 0.25) is 0 Å². The van der Waals surface area contributed by atoms with Crippen molar-refractivity contribution in [3.63, 3.8) is 0 Å². The van der Waals surface area contributed by atoms with Crippen molar-refractivity contribution in [2.45, 2.75) is 46.3 Å². The highest BCUT2D eigenvalue weighted by molar-refractivity contribution is 5.55. The highest BCUT2D eigenvalue weighted by Crippen LogP contribution is 2.32. The van der Waals surface area contributed by atoms with Gasteiger partial charge in [-0.15, -0.1) is 0 Å². The minimum absolute atomic E-state index is 0.0733. The third-order valence-corrected chi connectivity index (χ3v) is 3.65. The molecule has 3 nitrogen and oxygen atoms in total. The van der Waals surface area contributed by atoms with E-state index in [2.05, 4.69) is 29.8 Å². The van der Waals surface area contributed by atoms with Gasteiger partial charge in [-0.05, 0) is 31.7 Å². The molecule has 1 fully saturated rings. The van der Waals surface area contributed by atoms with Gasteiger partial charge in [0.05, 0.1) is 6.61 Å². The Morgan fingerprint density at radius 1 is 1.53 bits per heavy atom. The predicted octanol–water partition coefficient (Wildman–Crippen LogP) is 2.51. The number of aromatic nitrogens is 1. The first-order chi connectivity index (χ1) is 8.13. The Morgan fingerprint density at radius 2 is 2.29 bits per heavy atom. The summed E-state index contributed by atoms with van der Waals surface area (Å²) in [6, 6.07) is 2.70. The summed E-state index contributed by atoms with van der Waals surface area (Å²) in [7, 11) is 0. The van der Waals surface area contributed by atoms with Gasteiger partial charge in [0.25, 0.3) is 0 Å². The van der Waals surface area contributed by atoms with E-state index in [9.17, 15) is 5.11 Å². The molecular weight excluding hydrogens is 212 g/mol. The number of aliphatic hydroxyl groups excluding tert-OH is 1. The number of aryl methyl sites for hydroxylation is 1. The normalized spacial score (nSPS) is 20.3. The van der Waals surface area contributed by atoms with Crippen molar-refractivity contribution in [3.05, 3.63) is 23.5 Å². The second kappa shape index (κ2) is 5.05. The summed E-state index contributed by atoms with van der Waals surface area (Å²) in [6.07, 6.45) is 4.30. The second-order valence-corrected chi connectivity index (χ2v) is 5.26. The Hall–Kier alpha value is -1.09. The van der Waals surface area contributed by atoms with Crippen LogP contribution in [0.4, 0.5) is 5.69 Å². The molecular formula is C14H22N2O. The van der Waals surface area contributed by atoms with Crippen LogP contribution in [-0.2, 0) is 6.61 Å². The van der Waals surface area contributed by atoms with Crippen LogP contribution in [0.3, 0.4) is 0 Å². The molecule has 1 N–H and O–H groups in total. The Bertz CT molecular complexity index is 390. The fourth-order valence-electron chi connectivity index (χ4n) is 2.75. The Kier molecular flexibility index (Phi) is 3.67. The van der Waals surface area contributed by atoms with E-state index in [1.807, 2.05) is 6.92 Å². The molecule has 3 heteroatoms. The summed E-state index contributed by atoms with van der Waals surface area (Å²) in [4.78, 5) is 6.71. The Morgan fingerprint density at radius 3 is 2.94 bits per heavy atom. The molecule has 0 spiro atoms. The third kappa shape index (κ3) is 2.44. The van der Waals surface area contributed by atoms with Gasteiger partial charge in [-0.3, -0.25) is 4.98 Å². The molecule has 1 aromatic rings. The average molecular weight is 234 g/mol. The van der Waals surface area contributed by atoms with Crippen molar-refractivity contribution in [3.8, 4) is 0 Å². The largest absolute Gasteiger partial charge is 0.392 e. The smallest absolute Gasteiger partial charge is 0.0717 e. The molecule has 0 aromatic carbocycles. The molecule has 0 saturated carbocycles. The maximum absolute atomic E-state index is 9.43. The molecule has 0 amide bonds. The van der Waals surface area contributed by atoms with Gasteiger partial charge in [0.15, 0.2) is 0 Å². The first-order valence-electron chi connectivity index (χ1n) is 6.46. The van der Waals surface area contributed by atoms with E-state index in [1.165, 1.54) is 18.5 Å². The number of aliphatic hydroxyl groups is 1. The predicted molar refractivity (Wildman–Crippen MR) is 70.1 cm³/mol. The molecule has 1 aliphatic heterocycles. The number of pyridine rings is 1. The standard InChI is InChI=1S/C14H22N2O/c1-10(2)13-5-4-6-16(13)14-7-11(3)15-8-12(14)9-17/h7-8,10,13,17H,4-6,9H2,1-3H3. The van der Waals surface area contributed by atoms with Crippen LogP contribution in [0, 0.1) is 12.8 Å². The number of anilines is 1. The molecule has 1 aromatic heterocycles. The minimum Gasteiger partial charge on any atom is -0.392 e. The van der Waals surface area contributed by atoms with Crippen molar-refractivity contribution < 1.29 is 5.11 Å². The molecule has 1 atom stereocenters. The first-order valence-corrected chi connectivity index (χ1v) is 6.46. The lowest BCUT2D eigenvalue weighted by Crippen LogP contribution is -2.34.